The van der Waals surface area contributed by atoms with E-state index in [-0.39, 0.29) is 5.91 Å². The van der Waals surface area contributed by atoms with Crippen molar-refractivity contribution in [3.05, 3.63) is 69.0 Å². The molecule has 0 atom stereocenters. The van der Waals surface area contributed by atoms with Gasteiger partial charge in [-0.1, -0.05) is 42.1 Å². The van der Waals surface area contributed by atoms with Crippen molar-refractivity contribution in [2.24, 2.45) is 5.10 Å². The lowest BCUT2D eigenvalue weighted by atomic mass is 10.2. The van der Waals surface area contributed by atoms with Crippen molar-refractivity contribution in [3.8, 4) is 5.75 Å². The summed E-state index contributed by atoms with van der Waals surface area (Å²) < 4.78 is 6.42. The highest BCUT2D eigenvalue weighted by Crippen LogP contribution is 2.32. The van der Waals surface area contributed by atoms with Crippen molar-refractivity contribution in [3.63, 3.8) is 0 Å². The average Bonchev–Trinajstić information content (AvgIpc) is 2.87. The molecule has 0 aliphatic carbocycles. The van der Waals surface area contributed by atoms with E-state index in [9.17, 15) is 4.79 Å². The number of nitrogens with zero attached hydrogens (tertiary/aromatic N) is 2. The largest absolute Gasteiger partial charge is 0.496 e. The Kier molecular flexibility index (Phi) is 5.67. The predicted molar refractivity (Wildman–Crippen MR) is 110 cm³/mol. The summed E-state index contributed by atoms with van der Waals surface area (Å²) in [6.45, 7) is 0. The first-order chi connectivity index (χ1) is 12.1. The molecule has 1 amide bonds. The van der Waals surface area contributed by atoms with Gasteiger partial charge in [-0.3, -0.25) is 4.79 Å². The highest BCUT2D eigenvalue weighted by Gasteiger charge is 2.31. The average molecular weight is 433 g/mol. The maximum atomic E-state index is 12.5. The Morgan fingerprint density at radius 2 is 1.96 bits per heavy atom. The third-order valence-corrected chi connectivity index (χ3v) is 5.27. The number of benzene rings is 2. The molecule has 4 nitrogen and oxygen atoms in total. The number of ether oxygens (including phenoxy) is 1. The molecule has 0 N–H and O–H groups in total. The van der Waals surface area contributed by atoms with E-state index in [0.29, 0.717) is 9.23 Å². The molecule has 7 heteroatoms. The third-order valence-electron chi connectivity index (χ3n) is 3.37. The lowest BCUT2D eigenvalue weighted by Gasteiger charge is -2.07. The van der Waals surface area contributed by atoms with Crippen LogP contribution >= 0.6 is 39.9 Å². The lowest BCUT2D eigenvalue weighted by molar-refractivity contribution is -0.122. The molecule has 3 rings (SSSR count). The second-order valence-corrected chi connectivity index (χ2v) is 7.57. The Labute approximate surface area is 163 Å². The fourth-order valence-electron chi connectivity index (χ4n) is 2.15. The molecule has 1 heterocycles. The number of carbonyl (C=O) groups is 1. The number of hydrogen-bond acceptors (Lipinski definition) is 5. The molecule has 126 valence electrons. The summed E-state index contributed by atoms with van der Waals surface area (Å²) in [6.07, 6.45) is 3.42. The van der Waals surface area contributed by atoms with Gasteiger partial charge in [0.2, 0.25) is 0 Å². The van der Waals surface area contributed by atoms with Gasteiger partial charge < -0.3 is 4.74 Å². The van der Waals surface area contributed by atoms with Crippen LogP contribution in [0.3, 0.4) is 0 Å². The van der Waals surface area contributed by atoms with Gasteiger partial charge in [0.15, 0.2) is 4.32 Å². The number of halogens is 1. The molecular formula is C18H13BrN2O2S2. The first-order valence-electron chi connectivity index (χ1n) is 7.29. The quantitative estimate of drug-likeness (QED) is 0.399. The van der Waals surface area contributed by atoms with Gasteiger partial charge in [0.05, 0.1) is 22.7 Å². The Bertz CT molecular complexity index is 882. The van der Waals surface area contributed by atoms with Crippen molar-refractivity contribution in [2.75, 3.05) is 7.11 Å². The van der Waals surface area contributed by atoms with Crippen molar-refractivity contribution in [2.45, 2.75) is 0 Å². The minimum Gasteiger partial charge on any atom is -0.496 e. The fourth-order valence-corrected chi connectivity index (χ4v) is 3.88. The summed E-state index contributed by atoms with van der Waals surface area (Å²) in [4.78, 5) is 13.1. The van der Waals surface area contributed by atoms with Crippen molar-refractivity contribution < 1.29 is 9.53 Å². The van der Waals surface area contributed by atoms with Crippen LogP contribution in [0.4, 0.5) is 0 Å². The highest BCUT2D eigenvalue weighted by molar-refractivity contribution is 9.10. The van der Waals surface area contributed by atoms with E-state index in [4.69, 9.17) is 17.0 Å². The monoisotopic (exact) mass is 432 g/mol. The molecule has 0 saturated carbocycles. The summed E-state index contributed by atoms with van der Waals surface area (Å²) in [7, 11) is 1.60. The molecule has 1 fully saturated rings. The van der Waals surface area contributed by atoms with Crippen LogP contribution in [0.25, 0.3) is 6.08 Å². The number of methoxy groups -OCH3 is 1. The number of rotatable bonds is 4. The van der Waals surface area contributed by atoms with E-state index >= 15 is 0 Å². The summed E-state index contributed by atoms with van der Waals surface area (Å²) in [5, 5.41) is 5.48. The molecule has 0 aromatic heterocycles. The molecular weight excluding hydrogens is 420 g/mol. The second-order valence-electron chi connectivity index (χ2n) is 5.04. The molecule has 1 saturated heterocycles. The Balaban J connectivity index is 1.79. The SMILES string of the molecule is COc1ccc(C=NN2C(=O)C(=Cc3ccccc3)SC2=S)cc1Br. The molecule has 0 spiro atoms. The summed E-state index contributed by atoms with van der Waals surface area (Å²) in [5.41, 5.74) is 1.78. The van der Waals surface area contributed by atoms with E-state index < -0.39 is 0 Å². The normalized spacial score (nSPS) is 16.2. The van der Waals surface area contributed by atoms with Crippen LogP contribution in [0.15, 0.2) is 63.0 Å². The molecule has 1 aliphatic heterocycles. The zero-order valence-electron chi connectivity index (χ0n) is 13.2. The third kappa shape index (κ3) is 4.18. The number of hydrazone groups is 1. The molecule has 0 unspecified atom stereocenters. The molecule has 0 bridgehead atoms. The van der Waals surface area contributed by atoms with Crippen LogP contribution in [0.2, 0.25) is 0 Å². The first kappa shape index (κ1) is 17.8. The molecule has 2 aromatic carbocycles. The molecule has 1 aliphatic rings. The minimum atomic E-state index is -0.220. The number of amides is 1. The number of carbonyl (C=O) groups excluding carboxylic acids is 1. The van der Waals surface area contributed by atoms with E-state index in [2.05, 4.69) is 21.0 Å². The van der Waals surface area contributed by atoms with Gasteiger partial charge in [-0.25, -0.2) is 0 Å². The van der Waals surface area contributed by atoms with E-state index in [0.717, 1.165) is 21.3 Å². The van der Waals surface area contributed by atoms with E-state index in [1.807, 2.05) is 54.6 Å². The Morgan fingerprint density at radius 1 is 1.20 bits per heavy atom. The minimum absolute atomic E-state index is 0.220. The molecule has 0 radical (unpaired) electrons. The first-order valence-corrected chi connectivity index (χ1v) is 9.31. The van der Waals surface area contributed by atoms with Gasteiger partial charge in [-0.2, -0.15) is 10.1 Å². The predicted octanol–water partition coefficient (Wildman–Crippen LogP) is 4.69. The standard InChI is InChI=1S/C18H13BrN2O2S2/c1-23-15-8-7-13(9-14(15)19)11-20-21-17(22)16(25-18(21)24)10-12-5-3-2-4-6-12/h2-11H,1H3. The second kappa shape index (κ2) is 7.95. The van der Waals surface area contributed by atoms with Crippen molar-refractivity contribution in [1.29, 1.82) is 0 Å². The number of thioether (sulfide) groups is 1. The summed E-state index contributed by atoms with van der Waals surface area (Å²) in [6, 6.07) is 15.2. The van der Waals surface area contributed by atoms with Gasteiger partial charge in [-0.05, 0) is 63.5 Å². The fraction of sp³-hybridized carbons (Fsp3) is 0.0556. The van der Waals surface area contributed by atoms with Crippen LogP contribution < -0.4 is 4.74 Å². The maximum Gasteiger partial charge on any atom is 0.286 e. The van der Waals surface area contributed by atoms with Gasteiger partial charge >= 0.3 is 0 Å². The van der Waals surface area contributed by atoms with Crippen LogP contribution in [-0.4, -0.2) is 28.6 Å². The van der Waals surface area contributed by atoms with Gasteiger partial charge in [0, 0.05) is 0 Å². The van der Waals surface area contributed by atoms with Crippen LogP contribution in [0.1, 0.15) is 11.1 Å². The molecule has 2 aromatic rings. The summed E-state index contributed by atoms with van der Waals surface area (Å²) in [5.74, 6) is 0.510. The van der Waals surface area contributed by atoms with Crippen molar-refractivity contribution in [1.82, 2.24) is 5.01 Å². The summed E-state index contributed by atoms with van der Waals surface area (Å²) >= 11 is 9.95. The van der Waals surface area contributed by atoms with E-state index in [1.54, 1.807) is 13.3 Å². The molecule has 25 heavy (non-hydrogen) atoms. The van der Waals surface area contributed by atoms with Gasteiger partial charge in [-0.15, -0.1) is 0 Å². The highest BCUT2D eigenvalue weighted by atomic mass is 79.9. The lowest BCUT2D eigenvalue weighted by Crippen LogP contribution is -2.22. The maximum absolute atomic E-state index is 12.5. The van der Waals surface area contributed by atoms with Crippen LogP contribution in [0, 0.1) is 0 Å². The van der Waals surface area contributed by atoms with Gasteiger partial charge in [0.1, 0.15) is 5.75 Å². The van der Waals surface area contributed by atoms with Crippen molar-refractivity contribution >= 4 is 62.4 Å². The van der Waals surface area contributed by atoms with Gasteiger partial charge in [0.25, 0.3) is 5.91 Å². The topological polar surface area (TPSA) is 41.9 Å². The zero-order chi connectivity index (χ0) is 17.8. The van der Waals surface area contributed by atoms with Crippen LogP contribution in [0.5, 0.6) is 5.75 Å². The Morgan fingerprint density at radius 3 is 2.64 bits per heavy atom. The number of hydrogen-bond donors (Lipinski definition) is 0. The zero-order valence-corrected chi connectivity index (χ0v) is 16.4. The number of thiocarbonyl (C=S) groups is 1. The smallest absolute Gasteiger partial charge is 0.286 e. The van der Waals surface area contributed by atoms with E-state index in [1.165, 1.54) is 16.8 Å². The Hall–Kier alpha value is -1.96. The van der Waals surface area contributed by atoms with Crippen LogP contribution in [-0.2, 0) is 4.79 Å².